The average molecular weight is 389 g/mol. The fraction of sp³-hybridized carbons (Fsp3) is 0.320. The standard InChI is InChI=1S/C25H27NO3/c1-28-21-11-4-10-20(18-21)23-13-6-16-26(23)25(27)15-7-17-29-24-14-5-9-19-8-2-3-12-22(19)24/h2-5,8-12,14,18,23H,6-7,13,15-17H2,1H3. The maximum Gasteiger partial charge on any atom is 0.223 e. The summed E-state index contributed by atoms with van der Waals surface area (Å²) < 4.78 is 11.3. The maximum absolute atomic E-state index is 12.8. The summed E-state index contributed by atoms with van der Waals surface area (Å²) in [6, 6.07) is 22.5. The van der Waals surface area contributed by atoms with E-state index in [1.54, 1.807) is 7.11 Å². The van der Waals surface area contributed by atoms with E-state index < -0.39 is 0 Å². The molecule has 1 aliphatic rings. The SMILES string of the molecule is COc1cccc(C2CCCN2C(=O)CCCOc2cccc3ccccc23)c1. The van der Waals surface area contributed by atoms with Crippen LogP contribution in [0.2, 0.25) is 0 Å². The number of ether oxygens (including phenoxy) is 2. The van der Waals surface area contributed by atoms with Gasteiger partial charge >= 0.3 is 0 Å². The Labute approximate surface area is 172 Å². The van der Waals surface area contributed by atoms with Crippen LogP contribution in [0.1, 0.15) is 37.3 Å². The third kappa shape index (κ3) is 4.37. The van der Waals surface area contributed by atoms with Crippen LogP contribution in [-0.4, -0.2) is 31.1 Å². The van der Waals surface area contributed by atoms with Crippen molar-refractivity contribution in [1.29, 1.82) is 0 Å². The molecule has 4 rings (SSSR count). The van der Waals surface area contributed by atoms with Crippen molar-refractivity contribution in [3.8, 4) is 11.5 Å². The molecule has 4 heteroatoms. The summed E-state index contributed by atoms with van der Waals surface area (Å²) in [5, 5.41) is 2.28. The second-order valence-electron chi connectivity index (χ2n) is 7.45. The molecule has 1 fully saturated rings. The summed E-state index contributed by atoms with van der Waals surface area (Å²) in [5.74, 6) is 1.92. The number of nitrogens with zero attached hydrogens (tertiary/aromatic N) is 1. The van der Waals surface area contributed by atoms with Gasteiger partial charge in [0.05, 0.1) is 19.8 Å². The van der Waals surface area contributed by atoms with E-state index >= 15 is 0 Å². The molecule has 0 radical (unpaired) electrons. The van der Waals surface area contributed by atoms with Crippen LogP contribution in [0.15, 0.2) is 66.7 Å². The van der Waals surface area contributed by atoms with Gasteiger partial charge in [-0.3, -0.25) is 4.79 Å². The third-order valence-corrected chi connectivity index (χ3v) is 5.59. The molecule has 0 spiro atoms. The molecule has 1 atom stereocenters. The van der Waals surface area contributed by atoms with E-state index in [0.717, 1.165) is 41.8 Å². The van der Waals surface area contributed by atoms with E-state index in [4.69, 9.17) is 9.47 Å². The third-order valence-electron chi connectivity index (χ3n) is 5.59. The molecule has 1 aliphatic heterocycles. The van der Waals surface area contributed by atoms with E-state index in [0.29, 0.717) is 19.4 Å². The highest BCUT2D eigenvalue weighted by Gasteiger charge is 2.29. The lowest BCUT2D eigenvalue weighted by molar-refractivity contribution is -0.132. The lowest BCUT2D eigenvalue weighted by Crippen LogP contribution is -2.30. The minimum Gasteiger partial charge on any atom is -0.497 e. The van der Waals surface area contributed by atoms with Crippen molar-refractivity contribution < 1.29 is 14.3 Å². The number of carbonyl (C=O) groups is 1. The topological polar surface area (TPSA) is 38.8 Å². The highest BCUT2D eigenvalue weighted by molar-refractivity contribution is 5.88. The molecule has 0 aromatic heterocycles. The van der Waals surface area contributed by atoms with Gasteiger partial charge in [-0.2, -0.15) is 0 Å². The van der Waals surface area contributed by atoms with Crippen molar-refractivity contribution in [2.24, 2.45) is 0 Å². The van der Waals surface area contributed by atoms with E-state index in [9.17, 15) is 4.79 Å². The monoisotopic (exact) mass is 389 g/mol. The highest BCUT2D eigenvalue weighted by Crippen LogP contribution is 2.34. The number of likely N-dealkylation sites (tertiary alicyclic amines) is 1. The quantitative estimate of drug-likeness (QED) is 0.510. The van der Waals surface area contributed by atoms with E-state index in [1.807, 2.05) is 47.4 Å². The number of rotatable bonds is 7. The highest BCUT2D eigenvalue weighted by atomic mass is 16.5. The lowest BCUT2D eigenvalue weighted by atomic mass is 10.0. The second kappa shape index (κ2) is 8.99. The number of hydrogen-bond acceptors (Lipinski definition) is 3. The van der Waals surface area contributed by atoms with Gasteiger partial charge in [-0.25, -0.2) is 0 Å². The summed E-state index contributed by atoms with van der Waals surface area (Å²) in [4.78, 5) is 14.9. The van der Waals surface area contributed by atoms with Crippen molar-refractivity contribution in [3.63, 3.8) is 0 Å². The normalized spacial score (nSPS) is 16.2. The number of hydrogen-bond donors (Lipinski definition) is 0. The molecule has 0 aliphatic carbocycles. The van der Waals surface area contributed by atoms with E-state index in [2.05, 4.69) is 24.3 Å². The fourth-order valence-corrected chi connectivity index (χ4v) is 4.13. The molecule has 0 saturated carbocycles. The first-order valence-electron chi connectivity index (χ1n) is 10.3. The molecule has 3 aromatic carbocycles. The van der Waals surface area contributed by atoms with Crippen LogP contribution in [-0.2, 0) is 4.79 Å². The summed E-state index contributed by atoms with van der Waals surface area (Å²) in [6.45, 7) is 1.36. The van der Waals surface area contributed by atoms with Crippen LogP contribution in [0.5, 0.6) is 11.5 Å². The van der Waals surface area contributed by atoms with Crippen molar-refractivity contribution >= 4 is 16.7 Å². The average Bonchev–Trinajstić information content (AvgIpc) is 3.27. The molecule has 1 amide bonds. The van der Waals surface area contributed by atoms with Crippen LogP contribution < -0.4 is 9.47 Å². The van der Waals surface area contributed by atoms with Crippen molar-refractivity contribution in [2.75, 3.05) is 20.3 Å². The minimum atomic E-state index is 0.150. The van der Waals surface area contributed by atoms with Gasteiger partial charge in [0.2, 0.25) is 5.91 Å². The van der Waals surface area contributed by atoms with Gasteiger partial charge in [-0.05, 0) is 48.4 Å². The first kappa shape index (κ1) is 19.3. The van der Waals surface area contributed by atoms with Gasteiger partial charge in [0.25, 0.3) is 0 Å². The molecule has 0 bridgehead atoms. The summed E-state index contributed by atoms with van der Waals surface area (Å²) in [7, 11) is 1.67. The zero-order valence-electron chi connectivity index (χ0n) is 16.8. The predicted octanol–water partition coefficient (Wildman–Crippen LogP) is 5.37. The number of carbonyl (C=O) groups excluding carboxylic acids is 1. The smallest absolute Gasteiger partial charge is 0.223 e. The Balaban J connectivity index is 1.33. The second-order valence-corrected chi connectivity index (χ2v) is 7.45. The van der Waals surface area contributed by atoms with Gasteiger partial charge in [-0.15, -0.1) is 0 Å². The van der Waals surface area contributed by atoms with Crippen LogP contribution in [0.3, 0.4) is 0 Å². The zero-order chi connectivity index (χ0) is 20.1. The lowest BCUT2D eigenvalue weighted by Gasteiger charge is -2.25. The molecule has 150 valence electrons. The Kier molecular flexibility index (Phi) is 5.99. The summed E-state index contributed by atoms with van der Waals surface area (Å²) in [5.41, 5.74) is 1.15. The number of fused-ring (bicyclic) bond motifs is 1. The number of benzene rings is 3. The Morgan fingerprint density at radius 2 is 1.90 bits per heavy atom. The van der Waals surface area contributed by atoms with Gasteiger partial charge in [-0.1, -0.05) is 48.5 Å². The van der Waals surface area contributed by atoms with E-state index in [1.165, 1.54) is 5.39 Å². The number of methoxy groups -OCH3 is 1. The molecule has 1 saturated heterocycles. The Morgan fingerprint density at radius 3 is 2.79 bits per heavy atom. The zero-order valence-corrected chi connectivity index (χ0v) is 16.8. The van der Waals surface area contributed by atoms with Gasteiger partial charge in [0.1, 0.15) is 11.5 Å². The summed E-state index contributed by atoms with van der Waals surface area (Å²) in [6.07, 6.45) is 3.26. The van der Waals surface area contributed by atoms with Gasteiger partial charge < -0.3 is 14.4 Å². The largest absolute Gasteiger partial charge is 0.497 e. The first-order chi connectivity index (χ1) is 14.3. The Bertz CT molecular complexity index is 979. The molecular weight excluding hydrogens is 362 g/mol. The molecule has 29 heavy (non-hydrogen) atoms. The van der Waals surface area contributed by atoms with Crippen LogP contribution in [0, 0.1) is 0 Å². The van der Waals surface area contributed by atoms with Crippen molar-refractivity contribution in [1.82, 2.24) is 4.90 Å². The maximum atomic E-state index is 12.8. The van der Waals surface area contributed by atoms with Crippen LogP contribution in [0.4, 0.5) is 0 Å². The Morgan fingerprint density at radius 1 is 1.07 bits per heavy atom. The Hall–Kier alpha value is -3.01. The molecular formula is C25H27NO3. The number of amides is 1. The van der Waals surface area contributed by atoms with Crippen molar-refractivity contribution in [3.05, 3.63) is 72.3 Å². The van der Waals surface area contributed by atoms with Gasteiger partial charge in [0, 0.05) is 18.4 Å². The van der Waals surface area contributed by atoms with Crippen LogP contribution >= 0.6 is 0 Å². The van der Waals surface area contributed by atoms with Crippen LogP contribution in [0.25, 0.3) is 10.8 Å². The first-order valence-corrected chi connectivity index (χ1v) is 10.3. The fourth-order valence-electron chi connectivity index (χ4n) is 4.13. The summed E-state index contributed by atoms with van der Waals surface area (Å²) >= 11 is 0. The van der Waals surface area contributed by atoms with Crippen molar-refractivity contribution in [2.45, 2.75) is 31.7 Å². The molecule has 3 aromatic rings. The molecule has 0 N–H and O–H groups in total. The minimum absolute atomic E-state index is 0.150. The molecule has 1 heterocycles. The van der Waals surface area contributed by atoms with E-state index in [-0.39, 0.29) is 11.9 Å². The molecule has 4 nitrogen and oxygen atoms in total. The van der Waals surface area contributed by atoms with Gasteiger partial charge in [0.15, 0.2) is 0 Å². The predicted molar refractivity (Wildman–Crippen MR) is 115 cm³/mol. The molecule has 1 unspecified atom stereocenters.